The first kappa shape index (κ1) is 15.5. The summed E-state index contributed by atoms with van der Waals surface area (Å²) in [4.78, 5) is 8.25. The molecule has 1 fully saturated rings. The lowest BCUT2D eigenvalue weighted by molar-refractivity contribution is 0.0308. The summed E-state index contributed by atoms with van der Waals surface area (Å²) in [5.74, 6) is 1.71. The van der Waals surface area contributed by atoms with Gasteiger partial charge < -0.3 is 24.9 Å². The number of benzene rings is 1. The number of piperazine rings is 1. The number of nitrogens with one attached hydrogen (secondary N) is 2. The molecule has 0 aromatic heterocycles. The monoisotopic (exact) mass is 332 g/mol. The molecule has 7 nitrogen and oxygen atoms in total. The second kappa shape index (κ2) is 6.49. The third-order valence-corrected chi connectivity index (χ3v) is 5.05. The molecule has 0 spiro atoms. The van der Waals surface area contributed by atoms with Crippen molar-refractivity contribution in [3.8, 4) is 11.5 Å². The van der Waals surface area contributed by atoms with Gasteiger partial charge in [0.15, 0.2) is 11.5 Å². The highest BCUT2D eigenvalue weighted by Crippen LogP contribution is 2.39. The van der Waals surface area contributed by atoms with E-state index in [1.165, 1.54) is 0 Å². The lowest BCUT2D eigenvalue weighted by Crippen LogP contribution is -2.48. The number of rotatable bonds is 4. The van der Waals surface area contributed by atoms with Crippen molar-refractivity contribution in [1.29, 1.82) is 0 Å². The highest BCUT2D eigenvalue weighted by atomic mass is 16.6. The number of oxime groups is 1. The van der Waals surface area contributed by atoms with Gasteiger partial charge in [0.05, 0.1) is 25.8 Å². The van der Waals surface area contributed by atoms with E-state index in [1.807, 2.05) is 12.1 Å². The molecule has 0 unspecified atom stereocenters. The van der Waals surface area contributed by atoms with E-state index in [1.54, 1.807) is 14.2 Å². The molecular formula is C17H24N4O3. The highest BCUT2D eigenvalue weighted by molar-refractivity contribution is 6.09. The SMILES string of the molecule is COc1cc2c(cc1OC)C1=NO[C@@H](CN3CCNCC3)[C@@H]1CN2. The quantitative estimate of drug-likeness (QED) is 0.848. The molecule has 0 amide bonds. The van der Waals surface area contributed by atoms with Crippen LogP contribution in [0.5, 0.6) is 11.5 Å². The Bertz CT molecular complexity index is 643. The number of hydrogen-bond donors (Lipinski definition) is 2. The van der Waals surface area contributed by atoms with Crippen LogP contribution < -0.4 is 20.1 Å². The molecule has 1 aromatic carbocycles. The first-order valence-electron chi connectivity index (χ1n) is 8.47. The van der Waals surface area contributed by atoms with Crippen molar-refractivity contribution in [3.05, 3.63) is 17.7 Å². The van der Waals surface area contributed by atoms with Crippen LogP contribution in [0.25, 0.3) is 0 Å². The molecule has 0 saturated carbocycles. The molecule has 3 heterocycles. The zero-order chi connectivity index (χ0) is 16.5. The van der Waals surface area contributed by atoms with Gasteiger partial charge in [-0.1, -0.05) is 5.16 Å². The fraction of sp³-hybridized carbons (Fsp3) is 0.588. The van der Waals surface area contributed by atoms with Gasteiger partial charge in [0, 0.05) is 56.6 Å². The van der Waals surface area contributed by atoms with Crippen LogP contribution in [0.15, 0.2) is 17.3 Å². The average Bonchev–Trinajstić information content (AvgIpc) is 3.04. The molecule has 1 saturated heterocycles. The normalized spacial score (nSPS) is 25.8. The Morgan fingerprint density at radius 1 is 1.21 bits per heavy atom. The Kier molecular flexibility index (Phi) is 4.20. The molecule has 2 atom stereocenters. The number of anilines is 1. The zero-order valence-electron chi connectivity index (χ0n) is 14.2. The molecule has 0 aliphatic carbocycles. The predicted octanol–water partition coefficient (Wildman–Crippen LogP) is 0.754. The summed E-state index contributed by atoms with van der Waals surface area (Å²) in [6, 6.07) is 3.96. The molecule has 3 aliphatic heterocycles. The van der Waals surface area contributed by atoms with Crippen LogP contribution in [-0.2, 0) is 4.84 Å². The summed E-state index contributed by atoms with van der Waals surface area (Å²) < 4.78 is 10.8. The largest absolute Gasteiger partial charge is 0.493 e. The second-order valence-electron chi connectivity index (χ2n) is 6.41. The van der Waals surface area contributed by atoms with Gasteiger partial charge in [0.25, 0.3) is 0 Å². The second-order valence-corrected chi connectivity index (χ2v) is 6.41. The fourth-order valence-electron chi connectivity index (χ4n) is 3.68. The van der Waals surface area contributed by atoms with Crippen molar-refractivity contribution in [3.63, 3.8) is 0 Å². The third kappa shape index (κ3) is 2.67. The number of nitrogens with zero attached hydrogens (tertiary/aromatic N) is 2. The van der Waals surface area contributed by atoms with Crippen LogP contribution >= 0.6 is 0 Å². The van der Waals surface area contributed by atoms with Gasteiger partial charge in [0.2, 0.25) is 0 Å². The summed E-state index contributed by atoms with van der Waals surface area (Å²) in [5, 5.41) is 11.3. The van der Waals surface area contributed by atoms with Crippen molar-refractivity contribution >= 4 is 11.4 Å². The van der Waals surface area contributed by atoms with E-state index in [0.29, 0.717) is 5.75 Å². The standard InChI is InChI=1S/C17H24N4O3/c1-22-14-7-11-13(8-15(14)23-2)19-9-12-16(24-20-17(11)12)10-21-5-3-18-4-6-21/h7-8,12,16,18-19H,3-6,9-10H2,1-2H3/t12-,16-/m0/s1. The molecule has 24 heavy (non-hydrogen) atoms. The predicted molar refractivity (Wildman–Crippen MR) is 92.2 cm³/mol. The lowest BCUT2D eigenvalue weighted by Gasteiger charge is -2.32. The number of methoxy groups -OCH3 is 2. The Morgan fingerprint density at radius 2 is 1.96 bits per heavy atom. The van der Waals surface area contributed by atoms with E-state index in [-0.39, 0.29) is 12.0 Å². The van der Waals surface area contributed by atoms with Gasteiger partial charge >= 0.3 is 0 Å². The molecule has 3 aliphatic rings. The Labute approximate surface area is 141 Å². The van der Waals surface area contributed by atoms with E-state index in [9.17, 15) is 0 Å². The topological polar surface area (TPSA) is 67.3 Å². The maximum absolute atomic E-state index is 5.80. The summed E-state index contributed by atoms with van der Waals surface area (Å²) in [6.45, 7) is 5.97. The van der Waals surface area contributed by atoms with Crippen molar-refractivity contribution in [1.82, 2.24) is 10.2 Å². The summed E-state index contributed by atoms with van der Waals surface area (Å²) >= 11 is 0. The fourth-order valence-corrected chi connectivity index (χ4v) is 3.68. The third-order valence-electron chi connectivity index (χ3n) is 5.05. The average molecular weight is 332 g/mol. The minimum atomic E-state index is 0.104. The molecule has 2 N–H and O–H groups in total. The van der Waals surface area contributed by atoms with E-state index < -0.39 is 0 Å². The molecule has 4 rings (SSSR count). The molecule has 7 heteroatoms. The maximum Gasteiger partial charge on any atom is 0.162 e. The van der Waals surface area contributed by atoms with Crippen molar-refractivity contribution in [2.45, 2.75) is 6.10 Å². The van der Waals surface area contributed by atoms with E-state index >= 15 is 0 Å². The maximum atomic E-state index is 5.80. The molecule has 1 aromatic rings. The Morgan fingerprint density at radius 3 is 2.71 bits per heavy atom. The minimum absolute atomic E-state index is 0.104. The zero-order valence-corrected chi connectivity index (χ0v) is 14.2. The van der Waals surface area contributed by atoms with Gasteiger partial charge in [-0.2, -0.15) is 0 Å². The van der Waals surface area contributed by atoms with Gasteiger partial charge in [-0.05, 0) is 6.07 Å². The van der Waals surface area contributed by atoms with Crippen LogP contribution in [0, 0.1) is 5.92 Å². The molecule has 0 radical (unpaired) electrons. The molecule has 0 bridgehead atoms. The van der Waals surface area contributed by atoms with Crippen molar-refractivity contribution in [2.75, 3.05) is 58.8 Å². The Balaban J connectivity index is 1.55. The van der Waals surface area contributed by atoms with Crippen LogP contribution in [0.3, 0.4) is 0 Å². The smallest absolute Gasteiger partial charge is 0.162 e. The summed E-state index contributed by atoms with van der Waals surface area (Å²) in [6.07, 6.45) is 0.104. The van der Waals surface area contributed by atoms with Crippen LogP contribution in [0.1, 0.15) is 5.56 Å². The van der Waals surface area contributed by atoms with E-state index in [4.69, 9.17) is 14.3 Å². The summed E-state index contributed by atoms with van der Waals surface area (Å²) in [5.41, 5.74) is 3.09. The van der Waals surface area contributed by atoms with Crippen LogP contribution in [0.4, 0.5) is 5.69 Å². The van der Waals surface area contributed by atoms with E-state index in [2.05, 4.69) is 20.7 Å². The first-order chi connectivity index (χ1) is 11.8. The molecular weight excluding hydrogens is 308 g/mol. The molecule has 130 valence electrons. The Hall–Kier alpha value is -1.99. The highest BCUT2D eigenvalue weighted by Gasteiger charge is 2.40. The van der Waals surface area contributed by atoms with Crippen molar-refractivity contribution in [2.24, 2.45) is 11.1 Å². The van der Waals surface area contributed by atoms with Gasteiger partial charge in [-0.3, -0.25) is 4.90 Å². The number of hydrogen-bond acceptors (Lipinski definition) is 7. The van der Waals surface area contributed by atoms with Gasteiger partial charge in [-0.25, -0.2) is 0 Å². The number of ether oxygens (including phenoxy) is 2. The van der Waals surface area contributed by atoms with Crippen LogP contribution in [0.2, 0.25) is 0 Å². The van der Waals surface area contributed by atoms with Crippen LogP contribution in [-0.4, -0.2) is 70.2 Å². The van der Waals surface area contributed by atoms with Gasteiger partial charge in [0.1, 0.15) is 6.10 Å². The first-order valence-corrected chi connectivity index (χ1v) is 8.47. The summed E-state index contributed by atoms with van der Waals surface area (Å²) in [7, 11) is 3.30. The minimum Gasteiger partial charge on any atom is -0.493 e. The number of fused-ring (bicyclic) bond motifs is 3. The van der Waals surface area contributed by atoms with Gasteiger partial charge in [-0.15, -0.1) is 0 Å². The van der Waals surface area contributed by atoms with Crippen molar-refractivity contribution < 1.29 is 14.3 Å². The van der Waals surface area contributed by atoms with E-state index in [0.717, 1.165) is 62.0 Å². The lowest BCUT2D eigenvalue weighted by atomic mass is 9.87.